The fourth-order valence-corrected chi connectivity index (χ4v) is 2.14. The van der Waals surface area contributed by atoms with E-state index < -0.39 is 0 Å². The molecule has 0 bridgehead atoms. The molecule has 14 heavy (non-hydrogen) atoms. The van der Waals surface area contributed by atoms with Gasteiger partial charge in [-0.05, 0) is 37.6 Å². The third-order valence-corrected chi connectivity index (χ3v) is 2.91. The minimum absolute atomic E-state index is 0.552. The normalized spacial score (nSPS) is 22.1. The van der Waals surface area contributed by atoms with Gasteiger partial charge in [0.05, 0.1) is 11.6 Å². The standard InChI is InChI=1S/C12H14N2/c1-14-7-6-11(9-14)12-5-3-2-4-10(12)8-13/h2-5,11H,6-7,9H2,1H3. The lowest BCUT2D eigenvalue weighted by atomic mass is 9.94. The molecule has 2 nitrogen and oxygen atoms in total. The zero-order valence-corrected chi connectivity index (χ0v) is 8.40. The summed E-state index contributed by atoms with van der Waals surface area (Å²) in [6, 6.07) is 10.2. The first-order valence-electron chi connectivity index (χ1n) is 4.99. The quantitative estimate of drug-likeness (QED) is 0.670. The Labute approximate surface area is 84.8 Å². The number of likely N-dealkylation sites (N-methyl/N-ethyl adjacent to an activating group) is 1. The van der Waals surface area contributed by atoms with Gasteiger partial charge in [-0.15, -0.1) is 0 Å². The Bertz CT molecular complexity index is 365. The van der Waals surface area contributed by atoms with Gasteiger partial charge in [-0.1, -0.05) is 18.2 Å². The van der Waals surface area contributed by atoms with Crippen LogP contribution >= 0.6 is 0 Å². The first-order valence-corrected chi connectivity index (χ1v) is 4.99. The van der Waals surface area contributed by atoms with Crippen molar-refractivity contribution in [2.75, 3.05) is 20.1 Å². The molecule has 2 heteroatoms. The molecule has 1 heterocycles. The van der Waals surface area contributed by atoms with Crippen LogP contribution in [-0.4, -0.2) is 25.0 Å². The monoisotopic (exact) mass is 186 g/mol. The zero-order chi connectivity index (χ0) is 9.97. The average molecular weight is 186 g/mol. The molecule has 0 N–H and O–H groups in total. The van der Waals surface area contributed by atoms with Gasteiger partial charge in [-0.2, -0.15) is 5.26 Å². The second-order valence-corrected chi connectivity index (χ2v) is 3.95. The van der Waals surface area contributed by atoms with Gasteiger partial charge in [-0.25, -0.2) is 0 Å². The first-order chi connectivity index (χ1) is 6.81. The molecule has 72 valence electrons. The third-order valence-electron chi connectivity index (χ3n) is 2.91. The van der Waals surface area contributed by atoms with Crippen molar-refractivity contribution in [2.45, 2.75) is 12.3 Å². The molecular formula is C12H14N2. The van der Waals surface area contributed by atoms with E-state index in [1.807, 2.05) is 18.2 Å². The summed E-state index contributed by atoms with van der Waals surface area (Å²) in [6.45, 7) is 2.23. The minimum Gasteiger partial charge on any atom is -0.306 e. The molecule has 1 fully saturated rings. The van der Waals surface area contributed by atoms with Crippen molar-refractivity contribution >= 4 is 0 Å². The van der Waals surface area contributed by atoms with Crippen molar-refractivity contribution < 1.29 is 0 Å². The van der Waals surface area contributed by atoms with E-state index in [4.69, 9.17) is 5.26 Å². The predicted octanol–water partition coefficient (Wildman–Crippen LogP) is 1.98. The lowest BCUT2D eigenvalue weighted by Crippen LogP contribution is -2.13. The van der Waals surface area contributed by atoms with Crippen LogP contribution in [0.1, 0.15) is 23.5 Å². The Morgan fingerprint density at radius 2 is 2.21 bits per heavy atom. The van der Waals surface area contributed by atoms with Crippen LogP contribution in [0.5, 0.6) is 0 Å². The van der Waals surface area contributed by atoms with Crippen molar-refractivity contribution in [3.05, 3.63) is 35.4 Å². The zero-order valence-electron chi connectivity index (χ0n) is 8.40. The second kappa shape index (κ2) is 3.81. The highest BCUT2D eigenvalue weighted by Gasteiger charge is 2.22. The molecule has 1 unspecified atom stereocenters. The van der Waals surface area contributed by atoms with Crippen LogP contribution in [0.25, 0.3) is 0 Å². The largest absolute Gasteiger partial charge is 0.306 e. The molecule has 2 rings (SSSR count). The molecule has 1 aromatic carbocycles. The molecule has 0 saturated carbocycles. The molecular weight excluding hydrogens is 172 g/mol. The van der Waals surface area contributed by atoms with Gasteiger partial charge in [0, 0.05) is 6.54 Å². The van der Waals surface area contributed by atoms with E-state index in [1.54, 1.807) is 0 Å². The molecule has 0 aliphatic carbocycles. The number of nitrogens with zero attached hydrogens (tertiary/aromatic N) is 2. The van der Waals surface area contributed by atoms with Gasteiger partial charge in [0.15, 0.2) is 0 Å². The number of benzene rings is 1. The Hall–Kier alpha value is -1.33. The number of hydrogen-bond acceptors (Lipinski definition) is 2. The fourth-order valence-electron chi connectivity index (χ4n) is 2.14. The van der Waals surface area contributed by atoms with Crippen molar-refractivity contribution in [3.8, 4) is 6.07 Å². The smallest absolute Gasteiger partial charge is 0.0994 e. The maximum atomic E-state index is 8.98. The summed E-state index contributed by atoms with van der Waals surface area (Å²) in [6.07, 6.45) is 1.18. The summed E-state index contributed by atoms with van der Waals surface area (Å²) >= 11 is 0. The van der Waals surface area contributed by atoms with Gasteiger partial charge in [0.25, 0.3) is 0 Å². The first kappa shape index (κ1) is 9.23. The number of nitriles is 1. The number of likely N-dealkylation sites (tertiary alicyclic amines) is 1. The van der Waals surface area contributed by atoms with Crippen LogP contribution in [-0.2, 0) is 0 Å². The van der Waals surface area contributed by atoms with Crippen LogP contribution in [0.15, 0.2) is 24.3 Å². The Balaban J connectivity index is 2.28. The van der Waals surface area contributed by atoms with E-state index in [0.717, 1.165) is 18.7 Å². The highest BCUT2D eigenvalue weighted by molar-refractivity contribution is 5.40. The molecule has 0 spiro atoms. The number of rotatable bonds is 1. The lowest BCUT2D eigenvalue weighted by molar-refractivity contribution is 0.411. The van der Waals surface area contributed by atoms with E-state index in [0.29, 0.717) is 5.92 Å². The summed E-state index contributed by atoms with van der Waals surface area (Å²) in [5, 5.41) is 8.98. The fraction of sp³-hybridized carbons (Fsp3) is 0.417. The summed E-state index contributed by atoms with van der Waals surface area (Å²) in [4.78, 5) is 2.32. The van der Waals surface area contributed by atoms with E-state index in [1.165, 1.54) is 12.0 Å². The molecule has 1 atom stereocenters. The maximum absolute atomic E-state index is 8.98. The lowest BCUT2D eigenvalue weighted by Gasteiger charge is -2.11. The number of hydrogen-bond donors (Lipinski definition) is 0. The average Bonchev–Trinajstić information content (AvgIpc) is 2.65. The van der Waals surface area contributed by atoms with Crippen LogP contribution in [0.4, 0.5) is 0 Å². The van der Waals surface area contributed by atoms with E-state index in [2.05, 4.69) is 24.1 Å². The Morgan fingerprint density at radius 1 is 1.43 bits per heavy atom. The molecule has 0 radical (unpaired) electrons. The topological polar surface area (TPSA) is 27.0 Å². The van der Waals surface area contributed by atoms with Crippen molar-refractivity contribution in [1.82, 2.24) is 4.90 Å². The Kier molecular flexibility index (Phi) is 2.51. The highest BCUT2D eigenvalue weighted by atomic mass is 15.1. The van der Waals surface area contributed by atoms with Gasteiger partial charge in [0.1, 0.15) is 0 Å². The van der Waals surface area contributed by atoms with Gasteiger partial charge in [-0.3, -0.25) is 0 Å². The highest BCUT2D eigenvalue weighted by Crippen LogP contribution is 2.28. The molecule has 1 aromatic rings. The summed E-state index contributed by atoms with van der Waals surface area (Å²) in [7, 11) is 2.13. The summed E-state index contributed by atoms with van der Waals surface area (Å²) < 4.78 is 0. The van der Waals surface area contributed by atoms with E-state index in [-0.39, 0.29) is 0 Å². The second-order valence-electron chi connectivity index (χ2n) is 3.95. The minimum atomic E-state index is 0.552. The SMILES string of the molecule is CN1CCC(c2ccccc2C#N)C1. The van der Waals surface area contributed by atoms with Crippen LogP contribution in [0.3, 0.4) is 0 Å². The third kappa shape index (κ3) is 1.64. The van der Waals surface area contributed by atoms with Crippen molar-refractivity contribution in [3.63, 3.8) is 0 Å². The van der Waals surface area contributed by atoms with E-state index >= 15 is 0 Å². The van der Waals surface area contributed by atoms with Crippen molar-refractivity contribution in [1.29, 1.82) is 5.26 Å². The van der Waals surface area contributed by atoms with Crippen molar-refractivity contribution in [2.24, 2.45) is 0 Å². The van der Waals surface area contributed by atoms with Gasteiger partial charge in [0.2, 0.25) is 0 Å². The van der Waals surface area contributed by atoms with Gasteiger partial charge >= 0.3 is 0 Å². The molecule has 1 aliphatic heterocycles. The molecule has 1 saturated heterocycles. The summed E-state index contributed by atoms with van der Waals surface area (Å²) in [5.74, 6) is 0.552. The van der Waals surface area contributed by atoms with Crippen LogP contribution in [0, 0.1) is 11.3 Å². The maximum Gasteiger partial charge on any atom is 0.0994 e. The molecule has 0 aromatic heterocycles. The predicted molar refractivity (Wildman–Crippen MR) is 56.0 cm³/mol. The Morgan fingerprint density at radius 3 is 2.86 bits per heavy atom. The summed E-state index contributed by atoms with van der Waals surface area (Å²) in [5.41, 5.74) is 2.06. The van der Waals surface area contributed by atoms with Crippen LogP contribution < -0.4 is 0 Å². The molecule has 0 amide bonds. The molecule has 1 aliphatic rings. The van der Waals surface area contributed by atoms with Crippen LogP contribution in [0.2, 0.25) is 0 Å². The van der Waals surface area contributed by atoms with Gasteiger partial charge < -0.3 is 4.90 Å². The van der Waals surface area contributed by atoms with E-state index in [9.17, 15) is 0 Å².